The zero-order valence-electron chi connectivity index (χ0n) is 19.0. The van der Waals surface area contributed by atoms with Gasteiger partial charge in [-0.05, 0) is 24.0 Å². The summed E-state index contributed by atoms with van der Waals surface area (Å²) in [5.41, 5.74) is 23.8. The zero-order valence-corrected chi connectivity index (χ0v) is 19.0. The zero-order chi connectivity index (χ0) is 24.9. The molecule has 0 aromatic heterocycles. The number of nitrogens with zero attached hydrogens (tertiary/aromatic N) is 1. The highest BCUT2D eigenvalue weighted by Crippen LogP contribution is 2.07. The molecule has 2 rings (SSSR count). The number of aliphatic imine (C=N–C) groups is 1. The van der Waals surface area contributed by atoms with Crippen molar-refractivity contribution in [2.45, 2.75) is 43.8 Å². The van der Waals surface area contributed by atoms with Gasteiger partial charge < -0.3 is 33.6 Å². The monoisotopic (exact) mass is 467 g/mol. The molecule has 0 fully saturated rings. The van der Waals surface area contributed by atoms with E-state index in [4.69, 9.17) is 22.9 Å². The maximum atomic E-state index is 13.1. The van der Waals surface area contributed by atoms with Crippen LogP contribution >= 0.6 is 0 Å². The summed E-state index contributed by atoms with van der Waals surface area (Å²) in [5, 5.41) is 5.39. The van der Waals surface area contributed by atoms with Gasteiger partial charge in [-0.1, -0.05) is 60.7 Å². The van der Waals surface area contributed by atoms with E-state index in [1.54, 1.807) is 0 Å². The Labute approximate surface area is 199 Å². The molecule has 0 aliphatic carbocycles. The third-order valence-electron chi connectivity index (χ3n) is 5.16. The molecule has 0 aliphatic rings. The predicted octanol–water partition coefficient (Wildman–Crippen LogP) is -0.692. The molecule has 10 N–H and O–H groups in total. The number of carbonyl (C=O) groups excluding carboxylic acids is 3. The van der Waals surface area contributed by atoms with Crippen LogP contribution in [0, 0.1) is 0 Å². The van der Waals surface area contributed by atoms with Crippen molar-refractivity contribution in [1.29, 1.82) is 0 Å². The van der Waals surface area contributed by atoms with E-state index in [0.29, 0.717) is 19.4 Å². The first-order chi connectivity index (χ1) is 16.3. The summed E-state index contributed by atoms with van der Waals surface area (Å²) < 4.78 is 0. The summed E-state index contributed by atoms with van der Waals surface area (Å²) in [6.07, 6.45) is 1.29. The van der Waals surface area contributed by atoms with Crippen LogP contribution in [-0.4, -0.2) is 48.4 Å². The SMILES string of the molecule is NC(=O)[C@H](Cc1ccccc1)NC(=O)[C@H](Cc1ccccc1)NC(=O)[C@@H](N)CCCN=C(N)N. The van der Waals surface area contributed by atoms with Crippen LogP contribution in [0.15, 0.2) is 65.7 Å². The van der Waals surface area contributed by atoms with Gasteiger partial charge in [0, 0.05) is 19.4 Å². The molecule has 0 spiro atoms. The number of nitrogens with one attached hydrogen (secondary N) is 2. The van der Waals surface area contributed by atoms with Gasteiger partial charge in [0.15, 0.2) is 5.96 Å². The number of guanidine groups is 1. The molecule has 2 aromatic carbocycles. The van der Waals surface area contributed by atoms with Gasteiger partial charge in [0.25, 0.3) is 0 Å². The lowest BCUT2D eigenvalue weighted by Crippen LogP contribution is -2.56. The van der Waals surface area contributed by atoms with E-state index >= 15 is 0 Å². The van der Waals surface area contributed by atoms with Gasteiger partial charge in [-0.3, -0.25) is 19.4 Å². The number of rotatable bonds is 13. The summed E-state index contributed by atoms with van der Waals surface area (Å²) in [6, 6.07) is 15.7. The highest BCUT2D eigenvalue weighted by molar-refractivity contribution is 5.93. The third kappa shape index (κ3) is 9.29. The summed E-state index contributed by atoms with van der Waals surface area (Å²) in [4.78, 5) is 41.7. The molecule has 0 saturated carbocycles. The van der Waals surface area contributed by atoms with E-state index < -0.39 is 35.8 Å². The molecule has 0 aliphatic heterocycles. The summed E-state index contributed by atoms with van der Waals surface area (Å²) in [5.74, 6) is -1.71. The Kier molecular flexibility index (Phi) is 10.5. The van der Waals surface area contributed by atoms with Gasteiger partial charge in [-0.25, -0.2) is 0 Å². The highest BCUT2D eigenvalue weighted by atomic mass is 16.2. The van der Waals surface area contributed by atoms with Gasteiger partial charge in [0.05, 0.1) is 6.04 Å². The van der Waals surface area contributed by atoms with Crippen LogP contribution in [0.5, 0.6) is 0 Å². The fourth-order valence-electron chi connectivity index (χ4n) is 3.33. The van der Waals surface area contributed by atoms with Gasteiger partial charge in [0.2, 0.25) is 17.7 Å². The van der Waals surface area contributed by atoms with Gasteiger partial charge in [0.1, 0.15) is 12.1 Å². The van der Waals surface area contributed by atoms with Crippen molar-refractivity contribution in [2.24, 2.45) is 27.9 Å². The maximum Gasteiger partial charge on any atom is 0.243 e. The largest absolute Gasteiger partial charge is 0.370 e. The molecule has 0 bridgehead atoms. The number of primary amides is 1. The number of hydrogen-bond acceptors (Lipinski definition) is 5. The first-order valence-corrected chi connectivity index (χ1v) is 11.0. The topological polar surface area (TPSA) is 192 Å². The van der Waals surface area contributed by atoms with Crippen LogP contribution < -0.4 is 33.6 Å². The molecular formula is C24H33N7O3. The maximum absolute atomic E-state index is 13.1. The van der Waals surface area contributed by atoms with Crippen LogP contribution in [0.1, 0.15) is 24.0 Å². The average Bonchev–Trinajstić information content (AvgIpc) is 2.81. The number of benzene rings is 2. The van der Waals surface area contributed by atoms with E-state index in [1.807, 2.05) is 60.7 Å². The second-order valence-electron chi connectivity index (χ2n) is 7.96. The Morgan fingerprint density at radius 3 is 1.76 bits per heavy atom. The normalized spacial score (nSPS) is 13.2. The Bertz CT molecular complexity index is 963. The van der Waals surface area contributed by atoms with Crippen molar-refractivity contribution in [3.05, 3.63) is 71.8 Å². The number of nitrogens with two attached hydrogens (primary N) is 4. The minimum absolute atomic E-state index is 0.0304. The Hall–Kier alpha value is -3.92. The number of carbonyl (C=O) groups is 3. The van der Waals surface area contributed by atoms with Crippen molar-refractivity contribution in [2.75, 3.05) is 6.54 Å². The van der Waals surface area contributed by atoms with Crippen LogP contribution in [0.4, 0.5) is 0 Å². The second-order valence-corrected chi connectivity index (χ2v) is 7.96. The Morgan fingerprint density at radius 1 is 0.765 bits per heavy atom. The lowest BCUT2D eigenvalue weighted by Gasteiger charge is -2.23. The molecular weight excluding hydrogens is 434 g/mol. The van der Waals surface area contributed by atoms with Gasteiger partial charge in [-0.2, -0.15) is 0 Å². The molecule has 0 unspecified atom stereocenters. The molecule has 10 heteroatoms. The van der Waals surface area contributed by atoms with Crippen LogP contribution in [-0.2, 0) is 27.2 Å². The minimum atomic E-state index is -0.948. The number of hydrogen-bond donors (Lipinski definition) is 6. The molecule has 3 atom stereocenters. The molecule has 0 heterocycles. The van der Waals surface area contributed by atoms with E-state index in [1.165, 1.54) is 0 Å². The Morgan fingerprint density at radius 2 is 1.26 bits per heavy atom. The van der Waals surface area contributed by atoms with Crippen LogP contribution in [0.2, 0.25) is 0 Å². The quantitative estimate of drug-likeness (QED) is 0.128. The van der Waals surface area contributed by atoms with Crippen molar-refractivity contribution in [3.63, 3.8) is 0 Å². The van der Waals surface area contributed by atoms with Crippen molar-refractivity contribution in [1.82, 2.24) is 10.6 Å². The van der Waals surface area contributed by atoms with Crippen LogP contribution in [0.3, 0.4) is 0 Å². The van der Waals surface area contributed by atoms with Crippen LogP contribution in [0.25, 0.3) is 0 Å². The van der Waals surface area contributed by atoms with E-state index in [9.17, 15) is 14.4 Å². The van der Waals surface area contributed by atoms with Crippen molar-refractivity contribution < 1.29 is 14.4 Å². The van der Waals surface area contributed by atoms with Gasteiger partial charge in [-0.15, -0.1) is 0 Å². The summed E-state index contributed by atoms with van der Waals surface area (Å²) >= 11 is 0. The smallest absolute Gasteiger partial charge is 0.243 e. The molecule has 3 amide bonds. The van der Waals surface area contributed by atoms with E-state index in [-0.39, 0.29) is 18.8 Å². The number of amides is 3. The Balaban J connectivity index is 2.08. The molecule has 34 heavy (non-hydrogen) atoms. The van der Waals surface area contributed by atoms with Crippen molar-refractivity contribution in [3.8, 4) is 0 Å². The fraction of sp³-hybridized carbons (Fsp3) is 0.333. The average molecular weight is 468 g/mol. The third-order valence-corrected chi connectivity index (χ3v) is 5.16. The summed E-state index contributed by atoms with van der Waals surface area (Å²) in [6.45, 7) is 0.344. The molecule has 182 valence electrons. The summed E-state index contributed by atoms with van der Waals surface area (Å²) in [7, 11) is 0. The van der Waals surface area contributed by atoms with E-state index in [2.05, 4.69) is 15.6 Å². The first kappa shape index (κ1) is 26.3. The van der Waals surface area contributed by atoms with Crippen molar-refractivity contribution >= 4 is 23.7 Å². The lowest BCUT2D eigenvalue weighted by molar-refractivity contribution is -0.131. The molecule has 10 nitrogen and oxygen atoms in total. The standard InChI is InChI=1S/C24H33N7O3/c25-18(12-7-13-29-24(27)28)22(33)31-20(15-17-10-5-2-6-11-17)23(34)30-19(21(26)32)14-16-8-3-1-4-9-16/h1-6,8-11,18-20H,7,12-15,25H2,(H2,26,32)(H,30,34)(H,31,33)(H4,27,28,29)/t18-,19-,20-/m0/s1. The minimum Gasteiger partial charge on any atom is -0.370 e. The molecule has 2 aromatic rings. The fourth-order valence-corrected chi connectivity index (χ4v) is 3.33. The first-order valence-electron chi connectivity index (χ1n) is 11.0. The van der Waals surface area contributed by atoms with Gasteiger partial charge >= 0.3 is 0 Å². The lowest BCUT2D eigenvalue weighted by atomic mass is 10.0. The van der Waals surface area contributed by atoms with E-state index in [0.717, 1.165) is 11.1 Å². The molecule has 0 saturated heterocycles. The predicted molar refractivity (Wildman–Crippen MR) is 131 cm³/mol. The second kappa shape index (κ2) is 13.6. The molecule has 0 radical (unpaired) electrons. The highest BCUT2D eigenvalue weighted by Gasteiger charge is 2.27.